The lowest BCUT2D eigenvalue weighted by Gasteiger charge is -2.06. The number of hydrogen-bond donors (Lipinski definition) is 0. The Bertz CT molecular complexity index is 1120. The standard InChI is InChI=1S/C24H18O3P/c1-17(21-15-7-11-19-9-3-5-13-23(19)21)26-28(25)27-18(2)22-16-8-12-20-10-4-6-14-24(20)22/h3-16H,1-2H2/q+1. The van der Waals surface area contributed by atoms with Crippen LogP contribution in [0.15, 0.2) is 98.1 Å². The maximum Gasteiger partial charge on any atom is 0.805 e. The van der Waals surface area contributed by atoms with Gasteiger partial charge in [-0.25, -0.2) is 9.05 Å². The van der Waals surface area contributed by atoms with E-state index >= 15 is 0 Å². The summed E-state index contributed by atoms with van der Waals surface area (Å²) in [5.41, 5.74) is 1.56. The molecule has 0 N–H and O–H groups in total. The average Bonchev–Trinajstić information content (AvgIpc) is 2.72. The van der Waals surface area contributed by atoms with Crippen LogP contribution in [-0.2, 0) is 13.6 Å². The van der Waals surface area contributed by atoms with Gasteiger partial charge in [-0.05, 0) is 34.7 Å². The summed E-state index contributed by atoms with van der Waals surface area (Å²) in [6.45, 7) is 7.86. The van der Waals surface area contributed by atoms with Gasteiger partial charge in [-0.3, -0.25) is 0 Å². The Kier molecular flexibility index (Phi) is 4.92. The van der Waals surface area contributed by atoms with Crippen LogP contribution in [0, 0.1) is 0 Å². The molecule has 0 unspecified atom stereocenters. The van der Waals surface area contributed by atoms with Crippen LogP contribution in [0.1, 0.15) is 11.1 Å². The molecule has 0 heterocycles. The van der Waals surface area contributed by atoms with Crippen molar-refractivity contribution in [1.29, 1.82) is 0 Å². The van der Waals surface area contributed by atoms with Gasteiger partial charge in [0, 0.05) is 15.7 Å². The van der Waals surface area contributed by atoms with Gasteiger partial charge in [0.2, 0.25) is 0 Å². The molecule has 0 amide bonds. The maximum absolute atomic E-state index is 12.5. The molecule has 0 aliphatic carbocycles. The summed E-state index contributed by atoms with van der Waals surface area (Å²) in [5.74, 6) is 0.590. The van der Waals surface area contributed by atoms with E-state index in [4.69, 9.17) is 9.05 Å². The Labute approximate surface area is 164 Å². The Balaban J connectivity index is 1.52. The molecule has 4 aromatic carbocycles. The highest BCUT2D eigenvalue weighted by Gasteiger charge is 2.27. The van der Waals surface area contributed by atoms with E-state index in [1.54, 1.807) is 0 Å². The minimum absolute atomic E-state index is 0.295. The molecule has 136 valence electrons. The molecule has 4 aromatic rings. The van der Waals surface area contributed by atoms with Crippen LogP contribution in [-0.4, -0.2) is 0 Å². The molecule has 0 aromatic heterocycles. The first-order chi connectivity index (χ1) is 13.6. The van der Waals surface area contributed by atoms with Gasteiger partial charge in [0.25, 0.3) is 0 Å². The molecule has 4 heteroatoms. The van der Waals surface area contributed by atoms with Crippen LogP contribution in [0.2, 0.25) is 0 Å². The lowest BCUT2D eigenvalue weighted by molar-refractivity contribution is 0.383. The van der Waals surface area contributed by atoms with Crippen molar-refractivity contribution in [3.05, 3.63) is 109 Å². The number of benzene rings is 4. The molecule has 0 fully saturated rings. The summed E-state index contributed by atoms with van der Waals surface area (Å²) < 4.78 is 23.4. The smallest absolute Gasteiger partial charge is 0.222 e. The van der Waals surface area contributed by atoms with Crippen molar-refractivity contribution >= 4 is 41.3 Å². The van der Waals surface area contributed by atoms with Crippen molar-refractivity contribution < 1.29 is 13.6 Å². The second-order valence-electron chi connectivity index (χ2n) is 6.31. The first-order valence-corrected chi connectivity index (χ1v) is 9.90. The van der Waals surface area contributed by atoms with E-state index in [-0.39, 0.29) is 0 Å². The second-order valence-corrected chi connectivity index (χ2v) is 7.12. The zero-order valence-corrected chi connectivity index (χ0v) is 16.1. The van der Waals surface area contributed by atoms with Crippen LogP contribution < -0.4 is 0 Å². The van der Waals surface area contributed by atoms with Gasteiger partial charge in [0.15, 0.2) is 11.5 Å². The van der Waals surface area contributed by atoms with Crippen LogP contribution in [0.4, 0.5) is 0 Å². The molecular weight excluding hydrogens is 367 g/mol. The summed E-state index contributed by atoms with van der Waals surface area (Å²) in [7, 11) is -2.47. The highest BCUT2D eigenvalue weighted by molar-refractivity contribution is 7.34. The Morgan fingerprint density at radius 3 is 1.46 bits per heavy atom. The maximum atomic E-state index is 12.5. The van der Waals surface area contributed by atoms with Crippen molar-refractivity contribution in [1.82, 2.24) is 0 Å². The minimum Gasteiger partial charge on any atom is -0.222 e. The topological polar surface area (TPSA) is 35.5 Å². The van der Waals surface area contributed by atoms with Crippen molar-refractivity contribution in [2.24, 2.45) is 0 Å². The Morgan fingerprint density at radius 1 is 0.607 bits per heavy atom. The molecule has 0 atom stereocenters. The predicted octanol–water partition coefficient (Wildman–Crippen LogP) is 7.33. The fourth-order valence-electron chi connectivity index (χ4n) is 3.23. The van der Waals surface area contributed by atoms with Crippen LogP contribution in [0.5, 0.6) is 0 Å². The van der Waals surface area contributed by atoms with E-state index in [1.165, 1.54) is 0 Å². The van der Waals surface area contributed by atoms with Gasteiger partial charge >= 0.3 is 8.25 Å². The van der Waals surface area contributed by atoms with E-state index in [2.05, 4.69) is 13.2 Å². The second kappa shape index (κ2) is 7.67. The number of hydrogen-bond acceptors (Lipinski definition) is 3. The third-order valence-corrected chi connectivity index (χ3v) is 5.29. The van der Waals surface area contributed by atoms with Crippen molar-refractivity contribution in [3.8, 4) is 0 Å². The molecule has 3 nitrogen and oxygen atoms in total. The molecule has 0 saturated carbocycles. The van der Waals surface area contributed by atoms with Gasteiger partial charge < -0.3 is 0 Å². The minimum atomic E-state index is -2.47. The van der Waals surface area contributed by atoms with Gasteiger partial charge in [-0.1, -0.05) is 84.9 Å². The fraction of sp³-hybridized carbons (Fsp3) is 0. The first-order valence-electron chi connectivity index (χ1n) is 8.81. The molecule has 0 saturated heterocycles. The van der Waals surface area contributed by atoms with Crippen molar-refractivity contribution in [2.75, 3.05) is 0 Å². The molecular formula is C24H18O3P+. The fourth-order valence-corrected chi connectivity index (χ4v) is 3.83. The van der Waals surface area contributed by atoms with Gasteiger partial charge in [-0.2, -0.15) is 0 Å². The van der Waals surface area contributed by atoms with E-state index in [1.807, 2.05) is 84.9 Å². The third-order valence-electron chi connectivity index (χ3n) is 4.55. The highest BCUT2D eigenvalue weighted by atomic mass is 31.1. The predicted molar refractivity (Wildman–Crippen MR) is 116 cm³/mol. The van der Waals surface area contributed by atoms with Gasteiger partial charge in [0.1, 0.15) is 0 Å². The van der Waals surface area contributed by atoms with E-state index < -0.39 is 8.25 Å². The van der Waals surface area contributed by atoms with Crippen LogP contribution in [0.3, 0.4) is 0 Å². The zero-order chi connectivity index (χ0) is 19.5. The van der Waals surface area contributed by atoms with Crippen molar-refractivity contribution in [3.63, 3.8) is 0 Å². The van der Waals surface area contributed by atoms with Gasteiger partial charge in [0.05, 0.1) is 0 Å². The van der Waals surface area contributed by atoms with E-state index in [9.17, 15) is 4.57 Å². The first kappa shape index (κ1) is 18.0. The summed E-state index contributed by atoms with van der Waals surface area (Å²) >= 11 is 0. The Morgan fingerprint density at radius 2 is 1.00 bits per heavy atom. The lowest BCUT2D eigenvalue weighted by Crippen LogP contribution is -1.90. The summed E-state index contributed by atoms with van der Waals surface area (Å²) in [4.78, 5) is 0. The molecule has 28 heavy (non-hydrogen) atoms. The largest absolute Gasteiger partial charge is 0.805 e. The summed E-state index contributed by atoms with van der Waals surface area (Å²) in [5, 5.41) is 4.07. The lowest BCUT2D eigenvalue weighted by atomic mass is 10.0. The highest BCUT2D eigenvalue weighted by Crippen LogP contribution is 2.39. The SMILES string of the molecule is C=C(O[P+](=O)OC(=C)c1cccc2ccccc12)c1cccc2ccccc12. The molecule has 4 rings (SSSR count). The molecule has 0 bridgehead atoms. The third kappa shape index (κ3) is 3.53. The molecule has 0 aliphatic rings. The zero-order valence-electron chi connectivity index (χ0n) is 15.2. The molecule has 0 radical (unpaired) electrons. The summed E-state index contributed by atoms with van der Waals surface area (Å²) in [6.07, 6.45) is 0. The normalized spacial score (nSPS) is 10.6. The van der Waals surface area contributed by atoms with Gasteiger partial charge in [-0.15, -0.1) is 0 Å². The molecule has 0 aliphatic heterocycles. The quantitative estimate of drug-likeness (QED) is 0.258. The average molecular weight is 385 g/mol. The monoisotopic (exact) mass is 385 g/mol. The van der Waals surface area contributed by atoms with Crippen LogP contribution in [0.25, 0.3) is 33.1 Å². The molecule has 0 spiro atoms. The summed E-state index contributed by atoms with van der Waals surface area (Å²) in [6, 6.07) is 27.4. The van der Waals surface area contributed by atoms with E-state index in [0.29, 0.717) is 11.5 Å². The van der Waals surface area contributed by atoms with Crippen molar-refractivity contribution in [2.45, 2.75) is 0 Å². The van der Waals surface area contributed by atoms with E-state index in [0.717, 1.165) is 32.7 Å². The Hall–Kier alpha value is -3.42. The number of rotatable bonds is 6. The number of fused-ring (bicyclic) bond motifs is 2. The van der Waals surface area contributed by atoms with Crippen LogP contribution >= 0.6 is 8.25 Å².